The summed E-state index contributed by atoms with van der Waals surface area (Å²) >= 11 is 0. The van der Waals surface area contributed by atoms with E-state index in [9.17, 15) is 10.2 Å². The minimum Gasteiger partial charge on any atom is -0.508 e. The molecular weight excluding hydrogens is 494 g/mol. The van der Waals surface area contributed by atoms with Crippen molar-refractivity contribution < 1.29 is 14.9 Å². The summed E-state index contributed by atoms with van der Waals surface area (Å²) in [6.45, 7) is 4.40. The van der Waals surface area contributed by atoms with Crippen molar-refractivity contribution >= 4 is 10.8 Å². The van der Waals surface area contributed by atoms with Crippen LogP contribution < -0.4 is 4.74 Å². The molecule has 4 aromatic rings. The first-order chi connectivity index (χ1) is 19.6. The number of nitrogens with zero attached hydrogens (tertiary/aromatic N) is 1. The molecule has 0 aromatic heterocycles. The van der Waals surface area contributed by atoms with Gasteiger partial charge in [-0.2, -0.15) is 0 Å². The molecule has 0 amide bonds. The Kier molecular flexibility index (Phi) is 7.97. The minimum absolute atomic E-state index is 0.260. The van der Waals surface area contributed by atoms with Gasteiger partial charge in [0.1, 0.15) is 17.2 Å². The maximum absolute atomic E-state index is 10.0. The van der Waals surface area contributed by atoms with E-state index in [-0.39, 0.29) is 11.5 Å². The number of phenols is 2. The van der Waals surface area contributed by atoms with Crippen molar-refractivity contribution in [1.29, 1.82) is 0 Å². The van der Waals surface area contributed by atoms with Crippen molar-refractivity contribution in [2.45, 2.75) is 57.8 Å². The smallest absolute Gasteiger partial charge is 0.119 e. The average Bonchev–Trinajstić information content (AvgIpc) is 2.98. The molecule has 4 heteroatoms. The van der Waals surface area contributed by atoms with E-state index in [0.717, 1.165) is 53.6 Å². The molecule has 208 valence electrons. The number of ether oxygens (including phenoxy) is 1. The largest absolute Gasteiger partial charge is 0.508 e. The Morgan fingerprint density at radius 3 is 2.20 bits per heavy atom. The summed E-state index contributed by atoms with van der Waals surface area (Å²) < 4.78 is 6.12. The fourth-order valence-electron chi connectivity index (χ4n) is 6.92. The topological polar surface area (TPSA) is 52.9 Å². The third-order valence-electron chi connectivity index (χ3n) is 9.32. The number of piperidine rings is 1. The molecule has 4 aromatic carbocycles. The van der Waals surface area contributed by atoms with E-state index in [4.69, 9.17) is 4.74 Å². The first-order valence-electron chi connectivity index (χ1n) is 15.1. The van der Waals surface area contributed by atoms with Crippen molar-refractivity contribution in [3.8, 4) is 28.4 Å². The Bertz CT molecular complexity index is 1410. The maximum Gasteiger partial charge on any atom is 0.119 e. The zero-order valence-corrected chi connectivity index (χ0v) is 23.4. The molecule has 1 saturated heterocycles. The second-order valence-electron chi connectivity index (χ2n) is 12.0. The molecule has 6 rings (SSSR count). The van der Waals surface area contributed by atoms with Gasteiger partial charge in [-0.25, -0.2) is 0 Å². The summed E-state index contributed by atoms with van der Waals surface area (Å²) in [7, 11) is 0. The predicted octanol–water partition coefficient (Wildman–Crippen LogP) is 8.32. The number of phenolic OH excluding ortho intramolecular Hbond substituents is 2. The summed E-state index contributed by atoms with van der Waals surface area (Å²) in [6.07, 6.45) is 11.9. The Balaban J connectivity index is 1.07. The summed E-state index contributed by atoms with van der Waals surface area (Å²) in [6, 6.07) is 25.6. The Morgan fingerprint density at radius 2 is 1.45 bits per heavy atom. The van der Waals surface area contributed by atoms with Crippen LogP contribution in [-0.4, -0.2) is 41.4 Å². The molecule has 1 aliphatic carbocycles. The maximum atomic E-state index is 10.0. The molecule has 1 saturated carbocycles. The van der Waals surface area contributed by atoms with Crippen molar-refractivity contribution in [2.75, 3.05) is 26.2 Å². The molecule has 2 aliphatic rings. The van der Waals surface area contributed by atoms with Crippen molar-refractivity contribution in [3.63, 3.8) is 0 Å². The summed E-state index contributed by atoms with van der Waals surface area (Å²) in [5.74, 6) is 1.45. The molecule has 0 radical (unpaired) electrons. The quantitative estimate of drug-likeness (QED) is 0.223. The number of aromatic hydroxyl groups is 2. The zero-order valence-electron chi connectivity index (χ0n) is 23.4. The van der Waals surface area contributed by atoms with Gasteiger partial charge in [-0.05, 0) is 126 Å². The van der Waals surface area contributed by atoms with Gasteiger partial charge in [-0.3, -0.25) is 0 Å². The number of hydrogen-bond acceptors (Lipinski definition) is 4. The molecule has 2 fully saturated rings. The first-order valence-corrected chi connectivity index (χ1v) is 15.1. The highest BCUT2D eigenvalue weighted by molar-refractivity contribution is 5.93. The van der Waals surface area contributed by atoms with Crippen LogP contribution >= 0.6 is 0 Å². The van der Waals surface area contributed by atoms with Crippen LogP contribution in [0.2, 0.25) is 0 Å². The van der Waals surface area contributed by atoms with Crippen molar-refractivity contribution in [1.82, 2.24) is 4.90 Å². The van der Waals surface area contributed by atoms with E-state index in [1.807, 2.05) is 24.3 Å². The van der Waals surface area contributed by atoms with Gasteiger partial charge >= 0.3 is 0 Å². The highest BCUT2D eigenvalue weighted by Crippen LogP contribution is 2.44. The number of rotatable bonds is 8. The second-order valence-corrected chi connectivity index (χ2v) is 12.0. The van der Waals surface area contributed by atoms with Crippen LogP contribution in [0.25, 0.3) is 21.9 Å². The molecule has 4 nitrogen and oxygen atoms in total. The number of fused-ring (bicyclic) bond motifs is 1. The third-order valence-corrected chi connectivity index (χ3v) is 9.32. The lowest BCUT2D eigenvalue weighted by atomic mass is 9.68. The van der Waals surface area contributed by atoms with Gasteiger partial charge in [0.15, 0.2) is 0 Å². The molecule has 0 bridgehead atoms. The fourth-order valence-corrected chi connectivity index (χ4v) is 6.92. The molecule has 1 aliphatic heterocycles. The van der Waals surface area contributed by atoms with E-state index in [1.165, 1.54) is 69.2 Å². The van der Waals surface area contributed by atoms with Gasteiger partial charge in [-0.15, -0.1) is 0 Å². The van der Waals surface area contributed by atoms with Gasteiger partial charge in [-0.1, -0.05) is 61.7 Å². The molecule has 0 unspecified atom stereocenters. The second kappa shape index (κ2) is 11.9. The summed E-state index contributed by atoms with van der Waals surface area (Å²) in [5, 5.41) is 22.0. The third kappa shape index (κ3) is 6.13. The molecule has 1 heterocycles. The fraction of sp³-hybridized carbons (Fsp3) is 0.389. The lowest BCUT2D eigenvalue weighted by molar-refractivity contribution is 0.0653. The molecule has 2 N–H and O–H groups in total. The minimum atomic E-state index is 0.260. The molecule has 1 spiro atoms. The van der Waals surface area contributed by atoms with E-state index in [0.29, 0.717) is 5.41 Å². The van der Waals surface area contributed by atoms with Crippen LogP contribution in [0, 0.1) is 5.41 Å². The lowest BCUT2D eigenvalue weighted by Gasteiger charge is -2.44. The summed E-state index contributed by atoms with van der Waals surface area (Å²) in [5.41, 5.74) is 5.27. The number of likely N-dealkylation sites (tertiary alicyclic amines) is 1. The van der Waals surface area contributed by atoms with Gasteiger partial charge in [0.2, 0.25) is 0 Å². The summed E-state index contributed by atoms with van der Waals surface area (Å²) in [4.78, 5) is 2.64. The van der Waals surface area contributed by atoms with Crippen LogP contribution in [0.5, 0.6) is 17.2 Å². The Morgan fingerprint density at radius 1 is 0.725 bits per heavy atom. The molecule has 40 heavy (non-hydrogen) atoms. The van der Waals surface area contributed by atoms with E-state index >= 15 is 0 Å². The highest BCUT2D eigenvalue weighted by Gasteiger charge is 2.35. The van der Waals surface area contributed by atoms with Crippen LogP contribution in [0.15, 0.2) is 78.9 Å². The number of hydrogen-bond donors (Lipinski definition) is 2. The van der Waals surface area contributed by atoms with Gasteiger partial charge in [0.25, 0.3) is 0 Å². The molecule has 0 atom stereocenters. The zero-order chi connectivity index (χ0) is 27.4. The normalized spacial score (nSPS) is 17.3. The highest BCUT2D eigenvalue weighted by atomic mass is 16.5. The van der Waals surface area contributed by atoms with Crippen LogP contribution in [0.3, 0.4) is 0 Å². The molecular formula is C36H41NO3. The van der Waals surface area contributed by atoms with E-state index in [2.05, 4.69) is 41.3 Å². The van der Waals surface area contributed by atoms with E-state index in [1.54, 1.807) is 18.2 Å². The van der Waals surface area contributed by atoms with Crippen LogP contribution in [0.4, 0.5) is 0 Å². The first kappa shape index (κ1) is 26.7. The monoisotopic (exact) mass is 535 g/mol. The van der Waals surface area contributed by atoms with Crippen molar-refractivity contribution in [3.05, 3.63) is 90.0 Å². The van der Waals surface area contributed by atoms with Gasteiger partial charge in [0.05, 0.1) is 6.61 Å². The Hall–Kier alpha value is -3.50. The van der Waals surface area contributed by atoms with Gasteiger partial charge < -0.3 is 19.8 Å². The van der Waals surface area contributed by atoms with Crippen molar-refractivity contribution in [2.24, 2.45) is 5.41 Å². The van der Waals surface area contributed by atoms with Gasteiger partial charge in [0, 0.05) is 6.54 Å². The number of benzene rings is 4. The average molecular weight is 536 g/mol. The lowest BCUT2D eigenvalue weighted by Crippen LogP contribution is -2.41. The van der Waals surface area contributed by atoms with Crippen LogP contribution in [0.1, 0.15) is 62.5 Å². The predicted molar refractivity (Wildman–Crippen MR) is 163 cm³/mol. The van der Waals surface area contributed by atoms with Crippen LogP contribution in [-0.2, 0) is 6.42 Å². The Labute approximate surface area is 238 Å². The SMILES string of the molecule is Oc1ccc(-c2ccc3cc(O)ccc3c2Cc2ccc(OCCCN3CCC4(CCCCC4)CC3)cc2)cc1. The van der Waals surface area contributed by atoms with E-state index < -0.39 is 0 Å². The standard InChI is InChI=1S/C36H41NO3/c38-30-10-7-28(8-11-30)33-15-9-29-26-31(39)12-16-34(29)35(33)25-27-5-13-32(14-6-27)40-24-4-21-37-22-19-36(20-23-37)17-2-1-3-18-36/h5-16,26,38-39H,1-4,17-25H2.